The molecule has 0 saturated carbocycles. The number of unbranched alkanes of at least 4 members (excludes halogenated alkanes) is 1. The van der Waals surface area contributed by atoms with E-state index in [0.717, 1.165) is 118 Å². The molecule has 0 bridgehead atoms. The van der Waals surface area contributed by atoms with E-state index in [0.29, 0.717) is 19.7 Å². The van der Waals surface area contributed by atoms with Crippen LogP contribution >= 0.6 is 23.2 Å². The Morgan fingerprint density at radius 1 is 0.558 bits per heavy atom. The Balaban J connectivity index is 0.000000218. The second-order valence-electron chi connectivity index (χ2n) is 20.4. The molecule has 11 nitrogen and oxygen atoms in total. The highest BCUT2D eigenvalue weighted by Gasteiger charge is 2.39. The molecule has 8 aromatic rings. The van der Waals surface area contributed by atoms with E-state index in [-0.39, 0.29) is 18.2 Å². The summed E-state index contributed by atoms with van der Waals surface area (Å²) in [6, 6.07) is 53.0. The molecule has 2 aliphatic heterocycles. The zero-order valence-electron chi connectivity index (χ0n) is 43.3. The summed E-state index contributed by atoms with van der Waals surface area (Å²) in [6.07, 6.45) is 14.9. The number of benzene rings is 5. The number of fused-ring (bicyclic) bond motifs is 4. The number of ether oxygens (including phenoxy) is 1. The molecule has 2 fully saturated rings. The van der Waals surface area contributed by atoms with Gasteiger partial charge in [0, 0.05) is 81.0 Å². The molecule has 0 spiro atoms. The van der Waals surface area contributed by atoms with Crippen LogP contribution in [0.25, 0.3) is 0 Å². The van der Waals surface area contributed by atoms with E-state index in [1.54, 1.807) is 0 Å². The SMILES string of the molecule is O=C(OCCCCc1cn(C(c2ccccc2)(c2ccccc2)c2ccccc2)cn1)N1CCN(C2c3ccc(Cl)cc3CCc3cccnc32)CC1.O=CN1CCN(C2c3ccc(Cl)cc3CCc3cccnc32)CC1. The third kappa shape index (κ3) is 11.2. The number of imidazole rings is 1. The Hall–Kier alpha value is -7.15. The largest absolute Gasteiger partial charge is 0.449 e. The summed E-state index contributed by atoms with van der Waals surface area (Å²) < 4.78 is 8.04. The van der Waals surface area contributed by atoms with Crippen LogP contribution < -0.4 is 0 Å². The molecule has 77 heavy (non-hydrogen) atoms. The number of halogens is 2. The zero-order valence-corrected chi connectivity index (χ0v) is 44.9. The summed E-state index contributed by atoms with van der Waals surface area (Å²) in [5.41, 5.74) is 13.9. The van der Waals surface area contributed by atoms with Crippen molar-refractivity contribution in [1.82, 2.24) is 39.1 Å². The number of piperazine rings is 2. The third-order valence-electron chi connectivity index (χ3n) is 15.9. The van der Waals surface area contributed by atoms with Crippen LogP contribution in [0.3, 0.4) is 0 Å². The zero-order chi connectivity index (χ0) is 52.6. The van der Waals surface area contributed by atoms with Crippen molar-refractivity contribution in [3.05, 3.63) is 254 Å². The molecule has 13 heteroatoms. The van der Waals surface area contributed by atoms with E-state index < -0.39 is 5.54 Å². The maximum atomic E-state index is 13.2. The maximum Gasteiger partial charge on any atom is 0.409 e. The van der Waals surface area contributed by atoms with Crippen molar-refractivity contribution in [3.8, 4) is 0 Å². The lowest BCUT2D eigenvalue weighted by atomic mass is 9.77. The molecular formula is C64H64Cl2N8O3. The summed E-state index contributed by atoms with van der Waals surface area (Å²) in [5.74, 6) is 0. The number of nitrogens with zero attached hydrogens (tertiary/aromatic N) is 8. The van der Waals surface area contributed by atoms with Gasteiger partial charge in [-0.3, -0.25) is 24.6 Å². The molecule has 5 aromatic carbocycles. The Bertz CT molecular complexity index is 3170. The van der Waals surface area contributed by atoms with E-state index in [4.69, 9.17) is 42.9 Å². The third-order valence-corrected chi connectivity index (χ3v) is 16.4. The second-order valence-corrected chi connectivity index (χ2v) is 21.3. The normalized spacial score (nSPS) is 17.5. The molecule has 2 atom stereocenters. The molecule has 2 saturated heterocycles. The summed E-state index contributed by atoms with van der Waals surface area (Å²) in [5, 5.41) is 1.55. The Kier molecular flexibility index (Phi) is 16.2. The minimum absolute atomic E-state index is 0.0425. The average molecular weight is 1060 g/mol. The summed E-state index contributed by atoms with van der Waals surface area (Å²) in [4.78, 5) is 47.2. The second kappa shape index (κ2) is 24.0. The minimum atomic E-state index is -0.582. The first-order valence-electron chi connectivity index (χ1n) is 27.1. The summed E-state index contributed by atoms with van der Waals surface area (Å²) >= 11 is 12.6. The number of rotatable bonds is 12. The van der Waals surface area contributed by atoms with E-state index in [9.17, 15) is 9.59 Å². The number of hydrogen-bond donors (Lipinski definition) is 0. The first-order chi connectivity index (χ1) is 37.9. The monoisotopic (exact) mass is 1060 g/mol. The van der Waals surface area contributed by atoms with Crippen LogP contribution in [0.5, 0.6) is 0 Å². The van der Waals surface area contributed by atoms with Crippen molar-refractivity contribution in [2.24, 2.45) is 0 Å². The first-order valence-corrected chi connectivity index (χ1v) is 27.9. The number of carbonyl (C=O) groups is 2. The van der Waals surface area contributed by atoms with Gasteiger partial charge in [-0.05, 0) is 131 Å². The molecular weight excluding hydrogens is 1000 g/mol. The number of hydrogen-bond acceptors (Lipinski definition) is 8. The predicted molar refractivity (Wildman–Crippen MR) is 303 cm³/mol. The van der Waals surface area contributed by atoms with E-state index in [2.05, 4.69) is 148 Å². The fourth-order valence-corrected chi connectivity index (χ4v) is 12.5. The smallest absolute Gasteiger partial charge is 0.409 e. The van der Waals surface area contributed by atoms with E-state index in [1.165, 1.54) is 50.1 Å². The molecule has 5 heterocycles. The van der Waals surface area contributed by atoms with Crippen LogP contribution in [0.4, 0.5) is 4.79 Å². The highest BCUT2D eigenvalue weighted by molar-refractivity contribution is 6.31. The molecule has 392 valence electrons. The van der Waals surface area contributed by atoms with Crippen LogP contribution in [0.15, 0.2) is 177 Å². The van der Waals surface area contributed by atoms with Gasteiger partial charge in [0.05, 0.1) is 42.1 Å². The lowest BCUT2D eigenvalue weighted by Crippen LogP contribution is -2.50. The van der Waals surface area contributed by atoms with Gasteiger partial charge in [-0.1, -0.05) is 138 Å². The summed E-state index contributed by atoms with van der Waals surface area (Å²) in [6.45, 7) is 6.37. The quantitative estimate of drug-likeness (QED) is 0.0678. The van der Waals surface area contributed by atoms with Crippen molar-refractivity contribution in [2.45, 2.75) is 62.6 Å². The van der Waals surface area contributed by atoms with Crippen molar-refractivity contribution < 1.29 is 14.3 Å². The first kappa shape index (κ1) is 51.9. The van der Waals surface area contributed by atoms with Gasteiger partial charge in [-0.25, -0.2) is 9.78 Å². The number of carbonyl (C=O) groups excluding carboxylic acids is 2. The fourth-order valence-electron chi connectivity index (χ4n) is 12.1. The molecule has 2 amide bonds. The standard InChI is InChI=1S/C45H44ClN5O2.C19H20ClN3O/c46-39-23-24-41-35(31-39)22-21-34-13-12-25-47-42(34)43(41)49-26-28-50(29-27-49)44(52)53-30-11-10-20-40-32-51(33-48-40)45(36-14-4-1-5-15-36,37-16-6-2-7-17-37)38-18-8-3-9-19-38;20-16-5-6-17-15(12-16)4-3-14-2-1-7-21-18(14)19(17)23-10-8-22(13-24)9-11-23/h1-9,12-19,23-25,31-33,43H,10-11,20-22,26-30H2;1-2,5-7,12-13,19H,3-4,8-11H2. The Labute approximate surface area is 462 Å². The lowest BCUT2D eigenvalue weighted by molar-refractivity contribution is -0.119. The van der Waals surface area contributed by atoms with Crippen LogP contribution in [-0.2, 0) is 47.2 Å². The number of aromatic nitrogens is 4. The van der Waals surface area contributed by atoms with Crippen molar-refractivity contribution in [1.29, 1.82) is 0 Å². The van der Waals surface area contributed by atoms with Gasteiger partial charge < -0.3 is 19.1 Å². The van der Waals surface area contributed by atoms with Gasteiger partial charge in [-0.2, -0.15) is 0 Å². The van der Waals surface area contributed by atoms with Gasteiger partial charge in [0.15, 0.2) is 0 Å². The lowest BCUT2D eigenvalue weighted by Gasteiger charge is -2.39. The Morgan fingerprint density at radius 3 is 1.53 bits per heavy atom. The van der Waals surface area contributed by atoms with Gasteiger partial charge in [0.1, 0.15) is 5.54 Å². The molecule has 12 rings (SSSR count). The van der Waals surface area contributed by atoms with Gasteiger partial charge in [0.25, 0.3) is 0 Å². The van der Waals surface area contributed by atoms with Crippen LogP contribution in [-0.4, -0.2) is 111 Å². The number of aryl methyl sites for hydroxylation is 5. The molecule has 2 aliphatic carbocycles. The molecule has 0 radical (unpaired) electrons. The average Bonchev–Trinajstić information content (AvgIpc) is 3.87. The van der Waals surface area contributed by atoms with Gasteiger partial charge >= 0.3 is 6.09 Å². The highest BCUT2D eigenvalue weighted by Crippen LogP contribution is 2.42. The maximum absolute atomic E-state index is 13.2. The fraction of sp³-hybridized carbons (Fsp3) is 0.297. The van der Waals surface area contributed by atoms with Crippen LogP contribution in [0.1, 0.15) is 92.1 Å². The van der Waals surface area contributed by atoms with Crippen LogP contribution in [0, 0.1) is 0 Å². The van der Waals surface area contributed by atoms with Gasteiger partial charge in [-0.15, -0.1) is 0 Å². The molecule has 4 aliphatic rings. The molecule has 3 aromatic heterocycles. The summed E-state index contributed by atoms with van der Waals surface area (Å²) in [7, 11) is 0. The van der Waals surface area contributed by atoms with E-state index >= 15 is 0 Å². The number of amides is 2. The van der Waals surface area contributed by atoms with Crippen molar-refractivity contribution in [2.75, 3.05) is 59.0 Å². The molecule has 0 N–H and O–H groups in total. The predicted octanol–water partition coefficient (Wildman–Crippen LogP) is 11.4. The minimum Gasteiger partial charge on any atom is -0.449 e. The highest BCUT2D eigenvalue weighted by atomic mass is 35.5. The van der Waals surface area contributed by atoms with E-state index in [1.807, 2.05) is 52.8 Å². The van der Waals surface area contributed by atoms with Crippen LogP contribution in [0.2, 0.25) is 10.0 Å². The number of pyridine rings is 2. The Morgan fingerprint density at radius 2 is 1.04 bits per heavy atom. The molecule has 2 unspecified atom stereocenters. The van der Waals surface area contributed by atoms with Gasteiger partial charge in [0.2, 0.25) is 6.41 Å². The van der Waals surface area contributed by atoms with Crippen molar-refractivity contribution in [3.63, 3.8) is 0 Å². The van der Waals surface area contributed by atoms with Crippen molar-refractivity contribution >= 4 is 35.7 Å². The topological polar surface area (TPSA) is 99.9 Å².